The lowest BCUT2D eigenvalue weighted by molar-refractivity contribution is 0.487. The highest BCUT2D eigenvalue weighted by Crippen LogP contribution is 2.54. The molecule has 1 saturated carbocycles. The third-order valence-electron chi connectivity index (χ3n) is 3.97. The van der Waals surface area contributed by atoms with Crippen LogP contribution in [0.2, 0.25) is 10.0 Å². The Morgan fingerprint density at radius 3 is 2.50 bits per heavy atom. The van der Waals surface area contributed by atoms with Gasteiger partial charge in [-0.1, -0.05) is 59.6 Å². The normalized spacial score (nSPS) is 22.6. The van der Waals surface area contributed by atoms with Gasteiger partial charge in [0.05, 0.1) is 6.04 Å². The Labute approximate surface area is 128 Å². The van der Waals surface area contributed by atoms with E-state index in [1.807, 2.05) is 18.2 Å². The topological polar surface area (TPSA) is 38.0 Å². The van der Waals surface area contributed by atoms with Gasteiger partial charge < -0.3 is 0 Å². The van der Waals surface area contributed by atoms with Gasteiger partial charge >= 0.3 is 0 Å². The van der Waals surface area contributed by atoms with Crippen LogP contribution in [0.3, 0.4) is 0 Å². The van der Waals surface area contributed by atoms with E-state index in [1.165, 1.54) is 5.56 Å². The van der Waals surface area contributed by atoms with Crippen molar-refractivity contribution >= 4 is 23.2 Å². The number of hydrogen-bond donors (Lipinski definition) is 2. The second kappa shape index (κ2) is 5.74. The number of hydrogen-bond acceptors (Lipinski definition) is 2. The maximum Gasteiger partial charge on any atom is 0.0508 e. The first-order chi connectivity index (χ1) is 9.70. The molecule has 0 radical (unpaired) electrons. The maximum atomic E-state index is 6.29. The minimum absolute atomic E-state index is 0.0602. The molecule has 1 aliphatic rings. The Kier molecular flexibility index (Phi) is 3.99. The standard InChI is InChI=1S/C16H16Cl2N2/c17-11-6-7-12(15(18)8-11)16(20-19)14-9-13(14)10-4-2-1-3-5-10/h1-8,13-14,16,20H,9,19H2. The molecule has 20 heavy (non-hydrogen) atoms. The zero-order valence-electron chi connectivity index (χ0n) is 10.9. The molecule has 3 atom stereocenters. The predicted molar refractivity (Wildman–Crippen MR) is 83.8 cm³/mol. The van der Waals surface area contributed by atoms with Gasteiger partial charge in [0.2, 0.25) is 0 Å². The highest BCUT2D eigenvalue weighted by Gasteiger charge is 2.44. The van der Waals surface area contributed by atoms with Crippen molar-refractivity contribution in [2.75, 3.05) is 0 Å². The van der Waals surface area contributed by atoms with E-state index in [0.29, 0.717) is 21.9 Å². The number of halogens is 2. The molecule has 0 spiro atoms. The Hall–Kier alpha value is -1.06. The van der Waals surface area contributed by atoms with Gasteiger partial charge in [0, 0.05) is 10.0 Å². The van der Waals surface area contributed by atoms with E-state index in [0.717, 1.165) is 12.0 Å². The summed E-state index contributed by atoms with van der Waals surface area (Å²) in [7, 11) is 0. The van der Waals surface area contributed by atoms with Crippen LogP contribution in [0.1, 0.15) is 29.5 Å². The van der Waals surface area contributed by atoms with E-state index in [2.05, 4.69) is 29.7 Å². The van der Waals surface area contributed by atoms with Gasteiger partial charge in [-0.15, -0.1) is 0 Å². The van der Waals surface area contributed by atoms with Crippen LogP contribution in [-0.4, -0.2) is 0 Å². The van der Waals surface area contributed by atoms with Crippen LogP contribution in [0.15, 0.2) is 48.5 Å². The van der Waals surface area contributed by atoms with Crippen LogP contribution in [0.4, 0.5) is 0 Å². The van der Waals surface area contributed by atoms with E-state index >= 15 is 0 Å². The van der Waals surface area contributed by atoms with Gasteiger partial charge in [-0.3, -0.25) is 11.3 Å². The first kappa shape index (κ1) is 13.9. The molecule has 2 nitrogen and oxygen atoms in total. The summed E-state index contributed by atoms with van der Waals surface area (Å²) < 4.78 is 0. The van der Waals surface area contributed by atoms with Crippen molar-refractivity contribution in [3.8, 4) is 0 Å². The molecule has 0 aromatic heterocycles. The number of nitrogens with one attached hydrogen (secondary N) is 1. The van der Waals surface area contributed by atoms with Crippen molar-refractivity contribution in [1.29, 1.82) is 0 Å². The lowest BCUT2D eigenvalue weighted by Gasteiger charge is -2.18. The molecule has 3 unspecified atom stereocenters. The SMILES string of the molecule is NNC(c1ccc(Cl)cc1Cl)C1CC1c1ccccc1. The monoisotopic (exact) mass is 306 g/mol. The molecule has 1 fully saturated rings. The van der Waals surface area contributed by atoms with Crippen LogP contribution < -0.4 is 11.3 Å². The average molecular weight is 307 g/mol. The molecule has 3 rings (SSSR count). The molecule has 1 aliphatic carbocycles. The highest BCUT2D eigenvalue weighted by molar-refractivity contribution is 6.35. The van der Waals surface area contributed by atoms with Gasteiger partial charge in [-0.2, -0.15) is 0 Å². The van der Waals surface area contributed by atoms with Crippen molar-refractivity contribution in [2.45, 2.75) is 18.4 Å². The Morgan fingerprint density at radius 2 is 1.85 bits per heavy atom. The minimum Gasteiger partial charge on any atom is -0.271 e. The van der Waals surface area contributed by atoms with Crippen LogP contribution in [-0.2, 0) is 0 Å². The zero-order valence-corrected chi connectivity index (χ0v) is 12.4. The molecule has 2 aromatic carbocycles. The molecule has 0 amide bonds. The fourth-order valence-electron chi connectivity index (χ4n) is 2.86. The van der Waals surface area contributed by atoms with Crippen molar-refractivity contribution in [2.24, 2.45) is 11.8 Å². The number of rotatable bonds is 4. The molecular weight excluding hydrogens is 291 g/mol. The molecule has 0 heterocycles. The van der Waals surface area contributed by atoms with E-state index in [-0.39, 0.29) is 6.04 Å². The summed E-state index contributed by atoms with van der Waals surface area (Å²) in [5, 5.41) is 1.31. The summed E-state index contributed by atoms with van der Waals surface area (Å²) in [4.78, 5) is 0. The molecule has 2 aromatic rings. The van der Waals surface area contributed by atoms with Crippen molar-refractivity contribution in [3.63, 3.8) is 0 Å². The van der Waals surface area contributed by atoms with Crippen LogP contribution in [0, 0.1) is 5.92 Å². The predicted octanol–water partition coefficient (Wildman–Crippen LogP) is 4.30. The quantitative estimate of drug-likeness (QED) is 0.653. The van der Waals surface area contributed by atoms with Gasteiger partial charge in [0.25, 0.3) is 0 Å². The number of nitrogens with two attached hydrogens (primary N) is 1. The van der Waals surface area contributed by atoms with E-state index in [9.17, 15) is 0 Å². The van der Waals surface area contributed by atoms with Gasteiger partial charge in [-0.05, 0) is 41.5 Å². The summed E-state index contributed by atoms with van der Waals surface area (Å²) in [6, 6.07) is 16.2. The molecule has 104 valence electrons. The van der Waals surface area contributed by atoms with Gasteiger partial charge in [0.1, 0.15) is 0 Å². The van der Waals surface area contributed by atoms with Crippen LogP contribution in [0.25, 0.3) is 0 Å². The summed E-state index contributed by atoms with van der Waals surface area (Å²) >= 11 is 12.2. The summed E-state index contributed by atoms with van der Waals surface area (Å²) in [6.07, 6.45) is 1.12. The minimum atomic E-state index is 0.0602. The highest BCUT2D eigenvalue weighted by atomic mass is 35.5. The Bertz CT molecular complexity index is 601. The number of benzene rings is 2. The lowest BCUT2D eigenvalue weighted by atomic mass is 9.99. The number of hydrazine groups is 1. The maximum absolute atomic E-state index is 6.29. The van der Waals surface area contributed by atoms with Crippen LogP contribution in [0.5, 0.6) is 0 Å². The van der Waals surface area contributed by atoms with Gasteiger partial charge in [-0.25, -0.2) is 0 Å². The first-order valence-corrected chi connectivity index (χ1v) is 7.42. The molecule has 0 bridgehead atoms. The largest absolute Gasteiger partial charge is 0.271 e. The molecule has 0 saturated heterocycles. The van der Waals surface area contributed by atoms with Crippen LogP contribution >= 0.6 is 23.2 Å². The molecule has 3 N–H and O–H groups in total. The summed E-state index contributed by atoms with van der Waals surface area (Å²) in [5.41, 5.74) is 5.29. The summed E-state index contributed by atoms with van der Waals surface area (Å²) in [6.45, 7) is 0. The second-order valence-corrected chi connectivity index (χ2v) is 6.07. The molecule has 4 heteroatoms. The molecular formula is C16H16Cl2N2. The van der Waals surface area contributed by atoms with E-state index in [1.54, 1.807) is 6.07 Å². The zero-order chi connectivity index (χ0) is 14.1. The third kappa shape index (κ3) is 2.70. The van der Waals surface area contributed by atoms with Crippen molar-refractivity contribution in [1.82, 2.24) is 5.43 Å². The van der Waals surface area contributed by atoms with E-state index < -0.39 is 0 Å². The van der Waals surface area contributed by atoms with Crippen molar-refractivity contribution in [3.05, 3.63) is 69.7 Å². The fraction of sp³-hybridized carbons (Fsp3) is 0.250. The average Bonchev–Trinajstić information content (AvgIpc) is 3.23. The smallest absolute Gasteiger partial charge is 0.0508 e. The molecule has 0 aliphatic heterocycles. The third-order valence-corrected chi connectivity index (χ3v) is 4.54. The first-order valence-electron chi connectivity index (χ1n) is 6.66. The second-order valence-electron chi connectivity index (χ2n) is 5.23. The fourth-order valence-corrected chi connectivity index (χ4v) is 3.39. The van der Waals surface area contributed by atoms with E-state index in [4.69, 9.17) is 29.0 Å². The lowest BCUT2D eigenvalue weighted by Crippen LogP contribution is -2.30. The summed E-state index contributed by atoms with van der Waals surface area (Å²) in [5.74, 6) is 6.77. The Morgan fingerprint density at radius 1 is 1.10 bits per heavy atom. The van der Waals surface area contributed by atoms with Gasteiger partial charge in [0.15, 0.2) is 0 Å². The Balaban J connectivity index is 1.82. The van der Waals surface area contributed by atoms with Crippen molar-refractivity contribution < 1.29 is 0 Å².